The van der Waals surface area contributed by atoms with Gasteiger partial charge in [-0.3, -0.25) is 4.79 Å². The molecule has 0 bridgehead atoms. The SMILES string of the molecule is CC(=O)c1cc(NCC(C)c2ccccc2)ccc1N. The van der Waals surface area contributed by atoms with Gasteiger partial charge in [0.2, 0.25) is 0 Å². The van der Waals surface area contributed by atoms with Gasteiger partial charge in [0.25, 0.3) is 0 Å². The molecule has 2 rings (SSSR count). The predicted octanol–water partition coefficient (Wildman–Crippen LogP) is 3.69. The van der Waals surface area contributed by atoms with Crippen LogP contribution < -0.4 is 11.1 Å². The number of hydrogen-bond acceptors (Lipinski definition) is 3. The number of benzene rings is 2. The average Bonchev–Trinajstić information content (AvgIpc) is 2.46. The van der Waals surface area contributed by atoms with Crippen LogP contribution >= 0.6 is 0 Å². The van der Waals surface area contributed by atoms with Gasteiger partial charge in [-0.1, -0.05) is 37.3 Å². The maximum atomic E-state index is 11.5. The van der Waals surface area contributed by atoms with E-state index in [-0.39, 0.29) is 5.78 Å². The zero-order chi connectivity index (χ0) is 14.5. The van der Waals surface area contributed by atoms with Crippen molar-refractivity contribution in [3.8, 4) is 0 Å². The van der Waals surface area contributed by atoms with Crippen LogP contribution in [0.2, 0.25) is 0 Å². The number of anilines is 2. The molecule has 0 aromatic heterocycles. The van der Waals surface area contributed by atoms with Crippen LogP contribution in [0.4, 0.5) is 11.4 Å². The molecule has 0 radical (unpaired) electrons. The Bertz CT molecular complexity index is 593. The average molecular weight is 268 g/mol. The van der Waals surface area contributed by atoms with Crippen LogP contribution in [0.1, 0.15) is 35.7 Å². The summed E-state index contributed by atoms with van der Waals surface area (Å²) in [5.41, 5.74) is 9.10. The minimum absolute atomic E-state index is 0.0118. The van der Waals surface area contributed by atoms with Gasteiger partial charge in [-0.15, -0.1) is 0 Å². The summed E-state index contributed by atoms with van der Waals surface area (Å²) >= 11 is 0. The third-order valence-corrected chi connectivity index (χ3v) is 3.41. The van der Waals surface area contributed by atoms with E-state index in [9.17, 15) is 4.79 Å². The number of carbonyl (C=O) groups excluding carboxylic acids is 1. The van der Waals surface area contributed by atoms with Gasteiger partial charge < -0.3 is 11.1 Å². The fourth-order valence-corrected chi connectivity index (χ4v) is 2.14. The first-order valence-corrected chi connectivity index (χ1v) is 6.77. The van der Waals surface area contributed by atoms with Crippen LogP contribution in [0.5, 0.6) is 0 Å². The number of nitrogens with two attached hydrogens (primary N) is 1. The Morgan fingerprint density at radius 2 is 1.90 bits per heavy atom. The van der Waals surface area contributed by atoms with Crippen molar-refractivity contribution in [3.63, 3.8) is 0 Å². The molecule has 0 heterocycles. The van der Waals surface area contributed by atoms with E-state index < -0.39 is 0 Å². The summed E-state index contributed by atoms with van der Waals surface area (Å²) in [6.45, 7) is 4.51. The molecule has 0 saturated heterocycles. The first-order chi connectivity index (χ1) is 9.58. The van der Waals surface area contributed by atoms with E-state index in [1.165, 1.54) is 12.5 Å². The molecule has 0 fully saturated rings. The molecule has 0 spiro atoms. The monoisotopic (exact) mass is 268 g/mol. The van der Waals surface area contributed by atoms with Crippen molar-refractivity contribution in [2.24, 2.45) is 0 Å². The third kappa shape index (κ3) is 3.38. The molecule has 3 heteroatoms. The maximum Gasteiger partial charge on any atom is 0.161 e. The van der Waals surface area contributed by atoms with Gasteiger partial charge >= 0.3 is 0 Å². The summed E-state index contributed by atoms with van der Waals surface area (Å²) < 4.78 is 0. The summed E-state index contributed by atoms with van der Waals surface area (Å²) in [4.78, 5) is 11.5. The number of Topliss-reactive ketones (excluding diaryl/α,β-unsaturated/α-hetero) is 1. The van der Waals surface area contributed by atoms with E-state index in [1.807, 2.05) is 30.3 Å². The van der Waals surface area contributed by atoms with Gasteiger partial charge in [-0.25, -0.2) is 0 Å². The molecule has 3 N–H and O–H groups in total. The second-order valence-corrected chi connectivity index (χ2v) is 5.05. The smallest absolute Gasteiger partial charge is 0.161 e. The summed E-state index contributed by atoms with van der Waals surface area (Å²) in [7, 11) is 0. The van der Waals surface area contributed by atoms with Gasteiger partial charge in [0.1, 0.15) is 0 Å². The maximum absolute atomic E-state index is 11.5. The first kappa shape index (κ1) is 14.1. The van der Waals surface area contributed by atoms with Crippen molar-refractivity contribution in [1.29, 1.82) is 0 Å². The molecule has 0 aliphatic heterocycles. The number of nitrogens with one attached hydrogen (secondary N) is 1. The molecule has 0 aliphatic carbocycles. The molecular weight excluding hydrogens is 248 g/mol. The topological polar surface area (TPSA) is 55.1 Å². The number of rotatable bonds is 5. The molecular formula is C17H20N2O. The summed E-state index contributed by atoms with van der Waals surface area (Å²) in [5.74, 6) is 0.386. The second-order valence-electron chi connectivity index (χ2n) is 5.05. The van der Waals surface area contributed by atoms with Gasteiger partial charge in [0.05, 0.1) is 0 Å². The molecule has 20 heavy (non-hydrogen) atoms. The Kier molecular flexibility index (Phi) is 4.41. The van der Waals surface area contributed by atoms with Crippen molar-refractivity contribution in [2.75, 3.05) is 17.6 Å². The molecule has 2 aromatic carbocycles. The largest absolute Gasteiger partial charge is 0.398 e. The Morgan fingerprint density at radius 1 is 1.20 bits per heavy atom. The Morgan fingerprint density at radius 3 is 2.55 bits per heavy atom. The van der Waals surface area contributed by atoms with E-state index in [2.05, 4.69) is 24.4 Å². The standard InChI is InChI=1S/C17H20N2O/c1-12(14-6-4-3-5-7-14)11-19-15-8-9-17(18)16(10-15)13(2)20/h3-10,12,19H,11,18H2,1-2H3. The normalized spacial score (nSPS) is 11.9. The van der Waals surface area contributed by atoms with E-state index >= 15 is 0 Å². The van der Waals surface area contributed by atoms with Crippen molar-refractivity contribution in [2.45, 2.75) is 19.8 Å². The van der Waals surface area contributed by atoms with Crippen molar-refractivity contribution < 1.29 is 4.79 Å². The van der Waals surface area contributed by atoms with Gasteiger partial charge in [0, 0.05) is 23.5 Å². The van der Waals surface area contributed by atoms with Crippen LogP contribution in [-0.2, 0) is 0 Å². The highest BCUT2D eigenvalue weighted by molar-refractivity contribution is 6.00. The second kappa shape index (κ2) is 6.24. The number of hydrogen-bond donors (Lipinski definition) is 2. The third-order valence-electron chi connectivity index (χ3n) is 3.41. The highest BCUT2D eigenvalue weighted by Gasteiger charge is 2.08. The number of ketones is 1. The number of nitrogen functional groups attached to an aromatic ring is 1. The lowest BCUT2D eigenvalue weighted by molar-refractivity contribution is 0.101. The van der Waals surface area contributed by atoms with Crippen LogP contribution in [0.25, 0.3) is 0 Å². The first-order valence-electron chi connectivity index (χ1n) is 6.77. The lowest BCUT2D eigenvalue weighted by Crippen LogP contribution is -2.10. The summed E-state index contributed by atoms with van der Waals surface area (Å²) in [5, 5.41) is 3.36. The Balaban J connectivity index is 2.04. The van der Waals surface area contributed by atoms with Crippen LogP contribution in [0.15, 0.2) is 48.5 Å². The molecule has 3 nitrogen and oxygen atoms in total. The van der Waals surface area contributed by atoms with E-state index in [0.29, 0.717) is 17.2 Å². The zero-order valence-corrected chi connectivity index (χ0v) is 11.9. The number of carbonyl (C=O) groups is 1. The van der Waals surface area contributed by atoms with Gasteiger partial charge in [-0.2, -0.15) is 0 Å². The highest BCUT2D eigenvalue weighted by Crippen LogP contribution is 2.20. The molecule has 1 atom stereocenters. The van der Waals surface area contributed by atoms with Crippen LogP contribution in [0.3, 0.4) is 0 Å². The molecule has 0 amide bonds. The summed E-state index contributed by atoms with van der Waals surface area (Å²) in [6.07, 6.45) is 0. The fourth-order valence-electron chi connectivity index (χ4n) is 2.14. The molecule has 1 unspecified atom stereocenters. The van der Waals surface area contributed by atoms with Gasteiger partial charge in [-0.05, 0) is 36.6 Å². The molecule has 2 aromatic rings. The lowest BCUT2D eigenvalue weighted by atomic mass is 10.0. The molecule has 0 aliphatic rings. The van der Waals surface area contributed by atoms with E-state index in [1.54, 1.807) is 6.07 Å². The van der Waals surface area contributed by atoms with E-state index in [0.717, 1.165) is 12.2 Å². The lowest BCUT2D eigenvalue weighted by Gasteiger charge is -2.15. The quantitative estimate of drug-likeness (QED) is 0.642. The minimum atomic E-state index is -0.0118. The fraction of sp³-hybridized carbons (Fsp3) is 0.235. The molecule has 0 saturated carbocycles. The summed E-state index contributed by atoms with van der Waals surface area (Å²) in [6, 6.07) is 15.8. The Labute approximate surface area is 119 Å². The highest BCUT2D eigenvalue weighted by atomic mass is 16.1. The van der Waals surface area contributed by atoms with E-state index in [4.69, 9.17) is 5.73 Å². The van der Waals surface area contributed by atoms with Gasteiger partial charge in [0.15, 0.2) is 5.78 Å². The van der Waals surface area contributed by atoms with Crippen LogP contribution in [0, 0.1) is 0 Å². The zero-order valence-electron chi connectivity index (χ0n) is 11.9. The Hall–Kier alpha value is -2.29. The van der Waals surface area contributed by atoms with Crippen molar-refractivity contribution in [3.05, 3.63) is 59.7 Å². The van der Waals surface area contributed by atoms with Crippen molar-refractivity contribution >= 4 is 17.2 Å². The minimum Gasteiger partial charge on any atom is -0.398 e. The van der Waals surface area contributed by atoms with Crippen LogP contribution in [-0.4, -0.2) is 12.3 Å². The van der Waals surface area contributed by atoms with Crippen molar-refractivity contribution in [1.82, 2.24) is 0 Å². The molecule has 104 valence electrons. The predicted molar refractivity (Wildman–Crippen MR) is 84.2 cm³/mol.